The molecular formula is C16H22FNO3. The second-order valence-electron chi connectivity index (χ2n) is 6.05. The number of rotatable bonds is 7. The zero-order valence-electron chi connectivity index (χ0n) is 12.6. The molecule has 1 atom stereocenters. The summed E-state index contributed by atoms with van der Waals surface area (Å²) in [7, 11) is 0. The van der Waals surface area contributed by atoms with Crippen LogP contribution < -0.4 is 10.1 Å². The SMILES string of the molecule is Cc1cc(F)ccc1OCC(NC(C)C)(C(=O)O)C1CC1. The van der Waals surface area contributed by atoms with Gasteiger partial charge in [-0.25, -0.2) is 4.39 Å². The van der Waals surface area contributed by atoms with Crippen molar-refractivity contribution < 1.29 is 19.0 Å². The highest BCUT2D eigenvalue weighted by Gasteiger charge is 2.52. The average molecular weight is 295 g/mol. The molecule has 116 valence electrons. The lowest BCUT2D eigenvalue weighted by Gasteiger charge is -2.32. The standard InChI is InChI=1S/C16H22FNO3/c1-10(2)18-16(15(19)20,12-4-5-12)9-21-14-7-6-13(17)8-11(14)3/h6-8,10,12,18H,4-5,9H2,1-3H3,(H,19,20). The predicted molar refractivity (Wildman–Crippen MR) is 78.0 cm³/mol. The number of hydrogen-bond acceptors (Lipinski definition) is 3. The molecule has 0 radical (unpaired) electrons. The fraction of sp³-hybridized carbons (Fsp3) is 0.562. The van der Waals surface area contributed by atoms with Crippen molar-refractivity contribution in [2.45, 2.75) is 45.2 Å². The first-order valence-corrected chi connectivity index (χ1v) is 7.25. The number of ether oxygens (including phenoxy) is 1. The Morgan fingerprint density at radius 2 is 2.19 bits per heavy atom. The van der Waals surface area contributed by atoms with Crippen LogP contribution in [0, 0.1) is 18.7 Å². The minimum Gasteiger partial charge on any atom is -0.491 e. The summed E-state index contributed by atoms with van der Waals surface area (Å²) in [4.78, 5) is 11.8. The van der Waals surface area contributed by atoms with Gasteiger partial charge in [0.2, 0.25) is 0 Å². The third-order valence-electron chi connectivity index (χ3n) is 3.79. The lowest BCUT2D eigenvalue weighted by Crippen LogP contribution is -2.60. The summed E-state index contributed by atoms with van der Waals surface area (Å²) in [5, 5.41) is 12.8. The van der Waals surface area contributed by atoms with Gasteiger partial charge in [-0.2, -0.15) is 0 Å². The molecule has 1 aromatic rings. The van der Waals surface area contributed by atoms with E-state index in [2.05, 4.69) is 5.32 Å². The Balaban J connectivity index is 2.17. The Morgan fingerprint density at radius 1 is 1.52 bits per heavy atom. The highest BCUT2D eigenvalue weighted by atomic mass is 19.1. The first kappa shape index (κ1) is 15.8. The van der Waals surface area contributed by atoms with Crippen LogP contribution in [0.3, 0.4) is 0 Å². The van der Waals surface area contributed by atoms with Gasteiger partial charge in [-0.05, 0) is 63.3 Å². The minimum absolute atomic E-state index is 0.0393. The number of benzene rings is 1. The zero-order valence-corrected chi connectivity index (χ0v) is 12.6. The van der Waals surface area contributed by atoms with Gasteiger partial charge in [-0.15, -0.1) is 0 Å². The van der Waals surface area contributed by atoms with E-state index in [1.54, 1.807) is 13.0 Å². The van der Waals surface area contributed by atoms with Crippen LogP contribution in [0.2, 0.25) is 0 Å². The van der Waals surface area contributed by atoms with E-state index in [9.17, 15) is 14.3 Å². The topological polar surface area (TPSA) is 58.6 Å². The molecule has 21 heavy (non-hydrogen) atoms. The molecule has 1 fully saturated rings. The average Bonchev–Trinajstić information content (AvgIpc) is 3.19. The highest BCUT2D eigenvalue weighted by molar-refractivity contribution is 5.80. The van der Waals surface area contributed by atoms with Crippen molar-refractivity contribution in [3.8, 4) is 5.75 Å². The Kier molecular flexibility index (Phi) is 4.52. The molecule has 0 aliphatic heterocycles. The van der Waals surface area contributed by atoms with Gasteiger partial charge in [0.15, 0.2) is 5.54 Å². The van der Waals surface area contributed by atoms with Crippen LogP contribution in [0.5, 0.6) is 5.75 Å². The van der Waals surface area contributed by atoms with Gasteiger partial charge in [0, 0.05) is 6.04 Å². The first-order valence-electron chi connectivity index (χ1n) is 7.25. The Labute approximate surface area is 124 Å². The van der Waals surface area contributed by atoms with Gasteiger partial charge in [0.1, 0.15) is 18.2 Å². The third-order valence-corrected chi connectivity index (χ3v) is 3.79. The number of carbonyl (C=O) groups is 1. The van der Waals surface area contributed by atoms with Crippen LogP contribution in [0.15, 0.2) is 18.2 Å². The van der Waals surface area contributed by atoms with Crippen molar-refractivity contribution in [1.82, 2.24) is 5.32 Å². The fourth-order valence-electron chi connectivity index (χ4n) is 2.63. The number of aryl methyl sites for hydroxylation is 1. The summed E-state index contributed by atoms with van der Waals surface area (Å²) in [5.41, 5.74) is -0.413. The van der Waals surface area contributed by atoms with Crippen LogP contribution in [-0.4, -0.2) is 29.3 Å². The lowest BCUT2D eigenvalue weighted by molar-refractivity contribution is -0.148. The number of hydrogen-bond donors (Lipinski definition) is 2. The maximum atomic E-state index is 13.1. The van der Waals surface area contributed by atoms with Crippen LogP contribution in [0.4, 0.5) is 4.39 Å². The van der Waals surface area contributed by atoms with E-state index in [1.807, 2.05) is 13.8 Å². The minimum atomic E-state index is -1.07. The van der Waals surface area contributed by atoms with E-state index >= 15 is 0 Å². The Morgan fingerprint density at radius 3 is 2.67 bits per heavy atom. The molecule has 2 N–H and O–H groups in total. The van der Waals surface area contributed by atoms with E-state index in [1.165, 1.54) is 12.1 Å². The van der Waals surface area contributed by atoms with Gasteiger partial charge in [-0.1, -0.05) is 0 Å². The number of aliphatic carboxylic acids is 1. The molecule has 0 bridgehead atoms. The van der Waals surface area contributed by atoms with E-state index in [4.69, 9.17) is 4.74 Å². The second-order valence-corrected chi connectivity index (χ2v) is 6.05. The normalized spacial score (nSPS) is 17.6. The molecule has 0 heterocycles. The molecule has 2 rings (SSSR count). The molecule has 1 aromatic carbocycles. The molecule has 0 amide bonds. The molecule has 1 unspecified atom stereocenters. The molecule has 0 spiro atoms. The molecule has 1 aliphatic carbocycles. The van der Waals surface area contributed by atoms with Gasteiger partial charge >= 0.3 is 5.97 Å². The fourth-order valence-corrected chi connectivity index (χ4v) is 2.63. The molecule has 1 aliphatic rings. The lowest BCUT2D eigenvalue weighted by atomic mass is 9.93. The van der Waals surface area contributed by atoms with E-state index in [0.717, 1.165) is 12.8 Å². The van der Waals surface area contributed by atoms with Crippen molar-refractivity contribution in [3.63, 3.8) is 0 Å². The Hall–Kier alpha value is -1.62. The summed E-state index contributed by atoms with van der Waals surface area (Å²) >= 11 is 0. The summed E-state index contributed by atoms with van der Waals surface area (Å²) in [5.74, 6) is -0.614. The maximum absolute atomic E-state index is 13.1. The summed E-state index contributed by atoms with van der Waals surface area (Å²) < 4.78 is 18.8. The maximum Gasteiger partial charge on any atom is 0.327 e. The van der Waals surface area contributed by atoms with Gasteiger partial charge in [0.05, 0.1) is 0 Å². The molecule has 4 nitrogen and oxygen atoms in total. The summed E-state index contributed by atoms with van der Waals surface area (Å²) in [6.45, 7) is 5.62. The predicted octanol–water partition coefficient (Wildman–Crippen LogP) is 2.74. The van der Waals surface area contributed by atoms with Crippen LogP contribution in [0.1, 0.15) is 32.3 Å². The number of halogens is 1. The largest absolute Gasteiger partial charge is 0.491 e. The van der Waals surface area contributed by atoms with Crippen molar-refractivity contribution in [2.75, 3.05) is 6.61 Å². The second kappa shape index (κ2) is 6.02. The van der Waals surface area contributed by atoms with Crippen molar-refractivity contribution in [1.29, 1.82) is 0 Å². The number of carboxylic acids is 1. The van der Waals surface area contributed by atoms with E-state index in [-0.39, 0.29) is 24.4 Å². The van der Waals surface area contributed by atoms with Crippen molar-refractivity contribution in [3.05, 3.63) is 29.6 Å². The Bertz CT molecular complexity index is 528. The first-order chi connectivity index (χ1) is 9.85. The third kappa shape index (κ3) is 3.53. The van der Waals surface area contributed by atoms with Gasteiger partial charge in [-0.3, -0.25) is 10.1 Å². The zero-order chi connectivity index (χ0) is 15.6. The molecule has 1 saturated carbocycles. The monoisotopic (exact) mass is 295 g/mol. The van der Waals surface area contributed by atoms with Crippen molar-refractivity contribution >= 4 is 5.97 Å². The number of nitrogens with one attached hydrogen (secondary N) is 1. The van der Waals surface area contributed by atoms with Crippen LogP contribution in [0.25, 0.3) is 0 Å². The molecule has 5 heteroatoms. The smallest absolute Gasteiger partial charge is 0.327 e. The van der Waals surface area contributed by atoms with Crippen molar-refractivity contribution in [2.24, 2.45) is 5.92 Å². The highest BCUT2D eigenvalue weighted by Crippen LogP contribution is 2.40. The molecular weight excluding hydrogens is 273 g/mol. The van der Waals surface area contributed by atoms with Crippen LogP contribution >= 0.6 is 0 Å². The van der Waals surface area contributed by atoms with Crippen LogP contribution in [-0.2, 0) is 4.79 Å². The van der Waals surface area contributed by atoms with E-state index in [0.29, 0.717) is 11.3 Å². The molecule has 0 saturated heterocycles. The summed E-state index contributed by atoms with van der Waals surface area (Å²) in [6.07, 6.45) is 1.77. The number of carboxylic acid groups (broad SMARTS) is 1. The summed E-state index contributed by atoms with van der Waals surface area (Å²) in [6, 6.07) is 4.28. The molecule has 0 aromatic heterocycles. The van der Waals surface area contributed by atoms with Gasteiger partial charge < -0.3 is 9.84 Å². The van der Waals surface area contributed by atoms with Gasteiger partial charge in [0.25, 0.3) is 0 Å². The quantitative estimate of drug-likeness (QED) is 0.812. The van der Waals surface area contributed by atoms with E-state index < -0.39 is 11.5 Å².